The van der Waals surface area contributed by atoms with E-state index >= 15 is 0 Å². The minimum absolute atomic E-state index is 0.127. The lowest BCUT2D eigenvalue weighted by atomic mass is 9.99. The number of hydrogen-bond donors (Lipinski definition) is 2. The molecule has 0 radical (unpaired) electrons. The molecule has 0 aliphatic carbocycles. The third-order valence-corrected chi connectivity index (χ3v) is 3.93. The zero-order valence-electron chi connectivity index (χ0n) is 14.7. The van der Waals surface area contributed by atoms with Crippen molar-refractivity contribution in [1.29, 1.82) is 0 Å². The number of aromatic hydroxyl groups is 1. The van der Waals surface area contributed by atoms with E-state index in [4.69, 9.17) is 4.74 Å². The SMILES string of the molecule is CCOC(=O)c1c(-c2ccccc2)cc(Nc2ccccc2O)nc1C. The number of carbonyl (C=O) groups is 1. The largest absolute Gasteiger partial charge is 0.506 e. The fraction of sp³-hybridized carbons (Fsp3) is 0.143. The van der Waals surface area contributed by atoms with E-state index in [1.54, 1.807) is 38.1 Å². The zero-order chi connectivity index (χ0) is 18.5. The standard InChI is InChI=1S/C21H20N2O3/c1-3-26-21(25)20-14(2)22-19(23-17-11-7-8-12-18(17)24)13-16(20)15-9-5-4-6-10-15/h4-13,24H,3H2,1-2H3,(H,22,23). The first-order valence-corrected chi connectivity index (χ1v) is 8.39. The average Bonchev–Trinajstić information content (AvgIpc) is 2.64. The smallest absolute Gasteiger partial charge is 0.340 e. The molecule has 3 aromatic rings. The summed E-state index contributed by atoms with van der Waals surface area (Å²) in [5, 5.41) is 13.1. The fourth-order valence-electron chi connectivity index (χ4n) is 2.76. The van der Waals surface area contributed by atoms with Crippen molar-refractivity contribution in [2.24, 2.45) is 0 Å². The number of ether oxygens (including phenoxy) is 1. The molecule has 0 saturated carbocycles. The van der Waals surface area contributed by atoms with Gasteiger partial charge in [-0.15, -0.1) is 0 Å². The van der Waals surface area contributed by atoms with Crippen molar-refractivity contribution >= 4 is 17.5 Å². The maximum atomic E-state index is 12.5. The number of phenolic OH excluding ortho intramolecular Hbond substituents is 1. The summed E-state index contributed by atoms with van der Waals surface area (Å²) in [6.07, 6.45) is 0. The lowest BCUT2D eigenvalue weighted by Gasteiger charge is -2.15. The summed E-state index contributed by atoms with van der Waals surface area (Å²) in [6, 6.07) is 18.3. The maximum Gasteiger partial charge on any atom is 0.340 e. The van der Waals surface area contributed by atoms with Crippen LogP contribution in [0.2, 0.25) is 0 Å². The molecule has 0 bridgehead atoms. The molecule has 5 nitrogen and oxygen atoms in total. The Morgan fingerprint density at radius 1 is 1.12 bits per heavy atom. The highest BCUT2D eigenvalue weighted by Gasteiger charge is 2.19. The number of carbonyl (C=O) groups excluding carboxylic acids is 1. The van der Waals surface area contributed by atoms with Crippen LogP contribution in [0.1, 0.15) is 23.0 Å². The van der Waals surface area contributed by atoms with E-state index in [9.17, 15) is 9.90 Å². The summed E-state index contributed by atoms with van der Waals surface area (Å²) in [4.78, 5) is 16.9. The quantitative estimate of drug-likeness (QED) is 0.517. The van der Waals surface area contributed by atoms with Gasteiger partial charge in [0.05, 0.1) is 23.6 Å². The number of pyridine rings is 1. The second-order valence-corrected chi connectivity index (χ2v) is 5.74. The molecule has 2 N–H and O–H groups in total. The number of benzene rings is 2. The first kappa shape index (κ1) is 17.5. The van der Waals surface area contributed by atoms with Crippen LogP contribution in [-0.4, -0.2) is 22.7 Å². The van der Waals surface area contributed by atoms with Gasteiger partial charge in [0.15, 0.2) is 0 Å². The highest BCUT2D eigenvalue weighted by atomic mass is 16.5. The molecule has 0 atom stereocenters. The molecule has 3 rings (SSSR count). The Hall–Kier alpha value is -3.34. The summed E-state index contributed by atoms with van der Waals surface area (Å²) in [7, 11) is 0. The van der Waals surface area contributed by atoms with Gasteiger partial charge in [0.25, 0.3) is 0 Å². The molecule has 0 amide bonds. The Bertz CT molecular complexity index is 924. The van der Waals surface area contributed by atoms with Gasteiger partial charge in [-0.3, -0.25) is 0 Å². The zero-order valence-corrected chi connectivity index (χ0v) is 14.7. The maximum absolute atomic E-state index is 12.5. The molecule has 0 saturated heterocycles. The van der Waals surface area contributed by atoms with Gasteiger partial charge in [-0.05, 0) is 37.6 Å². The third-order valence-electron chi connectivity index (χ3n) is 3.93. The first-order valence-electron chi connectivity index (χ1n) is 8.39. The van der Waals surface area contributed by atoms with E-state index < -0.39 is 5.97 Å². The molecule has 132 valence electrons. The number of nitrogens with one attached hydrogen (secondary N) is 1. The first-order chi connectivity index (χ1) is 12.6. The number of hydrogen-bond acceptors (Lipinski definition) is 5. The van der Waals surface area contributed by atoms with Crippen molar-refractivity contribution in [3.63, 3.8) is 0 Å². The number of anilines is 2. The molecule has 0 fully saturated rings. The lowest BCUT2D eigenvalue weighted by molar-refractivity contribution is 0.0526. The number of aryl methyl sites for hydroxylation is 1. The monoisotopic (exact) mass is 348 g/mol. The summed E-state index contributed by atoms with van der Waals surface area (Å²) in [6.45, 7) is 3.84. The van der Waals surface area contributed by atoms with Crippen molar-refractivity contribution < 1.29 is 14.6 Å². The van der Waals surface area contributed by atoms with Crippen molar-refractivity contribution in [2.45, 2.75) is 13.8 Å². The number of para-hydroxylation sites is 2. The van der Waals surface area contributed by atoms with Crippen LogP contribution < -0.4 is 5.32 Å². The average molecular weight is 348 g/mol. The van der Waals surface area contributed by atoms with E-state index in [1.165, 1.54) is 0 Å². The summed E-state index contributed by atoms with van der Waals surface area (Å²) >= 11 is 0. The van der Waals surface area contributed by atoms with Crippen molar-refractivity contribution in [3.05, 3.63) is 71.9 Å². The summed E-state index contributed by atoms with van der Waals surface area (Å²) in [5.41, 5.74) is 3.17. The van der Waals surface area contributed by atoms with E-state index in [0.717, 1.165) is 11.1 Å². The highest BCUT2D eigenvalue weighted by Crippen LogP contribution is 2.31. The highest BCUT2D eigenvalue weighted by molar-refractivity contribution is 5.99. The van der Waals surface area contributed by atoms with Gasteiger partial charge in [-0.25, -0.2) is 9.78 Å². The molecule has 5 heteroatoms. The molecular weight excluding hydrogens is 328 g/mol. The minimum Gasteiger partial charge on any atom is -0.506 e. The third kappa shape index (κ3) is 3.67. The summed E-state index contributed by atoms with van der Waals surface area (Å²) in [5.74, 6) is 0.268. The molecule has 0 unspecified atom stereocenters. The Morgan fingerprint density at radius 2 is 1.81 bits per heavy atom. The van der Waals surface area contributed by atoms with Crippen molar-refractivity contribution in [1.82, 2.24) is 4.98 Å². The second-order valence-electron chi connectivity index (χ2n) is 5.74. The van der Waals surface area contributed by atoms with Gasteiger partial charge < -0.3 is 15.2 Å². The number of aromatic nitrogens is 1. The van der Waals surface area contributed by atoms with Gasteiger partial charge in [0, 0.05) is 5.56 Å². The molecule has 0 spiro atoms. The van der Waals surface area contributed by atoms with Gasteiger partial charge in [-0.1, -0.05) is 42.5 Å². The van der Waals surface area contributed by atoms with Crippen molar-refractivity contribution in [3.8, 4) is 16.9 Å². The summed E-state index contributed by atoms with van der Waals surface area (Å²) < 4.78 is 5.21. The number of phenols is 1. The molecular formula is C21H20N2O3. The van der Waals surface area contributed by atoms with Crippen LogP contribution >= 0.6 is 0 Å². The van der Waals surface area contributed by atoms with Crippen LogP contribution in [0.5, 0.6) is 5.75 Å². The van der Waals surface area contributed by atoms with Crippen LogP contribution in [0.25, 0.3) is 11.1 Å². The molecule has 1 heterocycles. The molecule has 1 aromatic heterocycles. The van der Waals surface area contributed by atoms with Gasteiger partial charge in [-0.2, -0.15) is 0 Å². The van der Waals surface area contributed by atoms with E-state index in [1.807, 2.05) is 36.4 Å². The van der Waals surface area contributed by atoms with Gasteiger partial charge >= 0.3 is 5.97 Å². The van der Waals surface area contributed by atoms with Crippen LogP contribution in [-0.2, 0) is 4.74 Å². The topological polar surface area (TPSA) is 71.5 Å². The van der Waals surface area contributed by atoms with Gasteiger partial charge in [0.2, 0.25) is 0 Å². The van der Waals surface area contributed by atoms with E-state index in [0.29, 0.717) is 29.4 Å². The lowest BCUT2D eigenvalue weighted by Crippen LogP contribution is -2.11. The Balaban J connectivity index is 2.10. The van der Waals surface area contributed by atoms with Crippen molar-refractivity contribution in [2.75, 3.05) is 11.9 Å². The minimum atomic E-state index is -0.398. The number of nitrogens with zero attached hydrogens (tertiary/aromatic N) is 1. The predicted molar refractivity (Wildman–Crippen MR) is 102 cm³/mol. The van der Waals surface area contributed by atoms with Crippen LogP contribution in [0, 0.1) is 6.92 Å². The second kappa shape index (κ2) is 7.70. The predicted octanol–water partition coefficient (Wildman–Crippen LogP) is 4.68. The molecule has 26 heavy (non-hydrogen) atoms. The number of rotatable bonds is 5. The molecule has 0 aliphatic rings. The van der Waals surface area contributed by atoms with Crippen LogP contribution in [0.15, 0.2) is 60.7 Å². The Kier molecular flexibility index (Phi) is 5.17. The fourth-order valence-corrected chi connectivity index (χ4v) is 2.76. The van der Waals surface area contributed by atoms with Gasteiger partial charge in [0.1, 0.15) is 11.6 Å². The van der Waals surface area contributed by atoms with E-state index in [2.05, 4.69) is 10.3 Å². The van der Waals surface area contributed by atoms with Crippen LogP contribution in [0.4, 0.5) is 11.5 Å². The van der Waals surface area contributed by atoms with Crippen LogP contribution in [0.3, 0.4) is 0 Å². The van der Waals surface area contributed by atoms with E-state index in [-0.39, 0.29) is 5.75 Å². The molecule has 0 aliphatic heterocycles. The number of esters is 1. The Morgan fingerprint density at radius 3 is 2.50 bits per heavy atom. The molecule has 2 aromatic carbocycles. The normalized spacial score (nSPS) is 10.4. The Labute approximate surface area is 152 Å².